The first-order chi connectivity index (χ1) is 9.17. The summed E-state index contributed by atoms with van der Waals surface area (Å²) in [6.45, 7) is 7.62. The van der Waals surface area contributed by atoms with E-state index >= 15 is 0 Å². The first-order valence-electron chi connectivity index (χ1n) is 6.23. The third kappa shape index (κ3) is 2.85. The second-order valence-electron chi connectivity index (χ2n) is 4.05. The molecule has 2 rings (SSSR count). The highest BCUT2D eigenvalue weighted by Crippen LogP contribution is 2.27. The molecule has 0 saturated carbocycles. The van der Waals surface area contributed by atoms with Gasteiger partial charge in [-0.1, -0.05) is 25.2 Å². The fourth-order valence-corrected chi connectivity index (χ4v) is 2.65. The second-order valence-corrected chi connectivity index (χ2v) is 4.92. The van der Waals surface area contributed by atoms with Gasteiger partial charge in [0.2, 0.25) is 5.82 Å². The number of imidazole rings is 1. The van der Waals surface area contributed by atoms with Crippen LogP contribution in [0.4, 0.5) is 11.6 Å². The molecule has 0 aliphatic rings. The third-order valence-corrected chi connectivity index (χ3v) is 3.78. The number of nitro groups is 1. The van der Waals surface area contributed by atoms with Gasteiger partial charge >= 0.3 is 5.82 Å². The van der Waals surface area contributed by atoms with Crippen molar-refractivity contribution in [3.63, 3.8) is 0 Å². The summed E-state index contributed by atoms with van der Waals surface area (Å²) in [5.41, 5.74) is 0. The van der Waals surface area contributed by atoms with Gasteiger partial charge in [-0.05, 0) is 18.0 Å². The molecule has 0 spiro atoms. The molecule has 0 fully saturated rings. The molecule has 19 heavy (non-hydrogen) atoms. The number of fused-ring (bicyclic) bond motifs is 1. The molecule has 0 aliphatic heterocycles. The SMILES string of the molecule is CCN(CC)CCNc1nc2sccn2c1[N+](=O)[O-]. The van der Waals surface area contributed by atoms with Gasteiger partial charge < -0.3 is 20.3 Å². The average Bonchev–Trinajstić information content (AvgIpc) is 2.94. The lowest BCUT2D eigenvalue weighted by Gasteiger charge is -2.17. The number of rotatable bonds is 7. The van der Waals surface area contributed by atoms with Crippen molar-refractivity contribution in [3.05, 3.63) is 21.7 Å². The maximum Gasteiger partial charge on any atom is 0.372 e. The number of likely N-dealkylation sites (N-methyl/N-ethyl adjacent to an activating group) is 1. The first-order valence-corrected chi connectivity index (χ1v) is 7.11. The van der Waals surface area contributed by atoms with Gasteiger partial charge in [0.15, 0.2) is 0 Å². The smallest absolute Gasteiger partial charge is 0.362 e. The van der Waals surface area contributed by atoms with Gasteiger partial charge in [-0.25, -0.2) is 0 Å². The van der Waals surface area contributed by atoms with Crippen LogP contribution in [0, 0.1) is 10.1 Å². The van der Waals surface area contributed by atoms with Crippen LogP contribution in [-0.4, -0.2) is 45.4 Å². The van der Waals surface area contributed by atoms with Crippen LogP contribution in [0.25, 0.3) is 4.96 Å². The molecule has 7 nitrogen and oxygen atoms in total. The van der Waals surface area contributed by atoms with Crippen LogP contribution in [0.15, 0.2) is 11.6 Å². The minimum Gasteiger partial charge on any atom is -0.362 e. The summed E-state index contributed by atoms with van der Waals surface area (Å²) in [6.07, 6.45) is 1.67. The minimum absolute atomic E-state index is 0.01000. The van der Waals surface area contributed by atoms with Gasteiger partial charge in [0.25, 0.3) is 4.96 Å². The van der Waals surface area contributed by atoms with Crippen molar-refractivity contribution < 1.29 is 4.92 Å². The van der Waals surface area contributed by atoms with Crippen LogP contribution in [-0.2, 0) is 0 Å². The Hall–Kier alpha value is -1.67. The minimum atomic E-state index is -0.396. The van der Waals surface area contributed by atoms with Gasteiger partial charge in [0.1, 0.15) is 6.20 Å². The number of hydrogen-bond donors (Lipinski definition) is 1. The van der Waals surface area contributed by atoms with Crippen molar-refractivity contribution in [1.29, 1.82) is 0 Å². The molecule has 0 atom stereocenters. The highest BCUT2D eigenvalue weighted by Gasteiger charge is 2.23. The molecular weight excluding hydrogens is 266 g/mol. The van der Waals surface area contributed by atoms with Crippen LogP contribution in [0.5, 0.6) is 0 Å². The fraction of sp³-hybridized carbons (Fsp3) is 0.545. The van der Waals surface area contributed by atoms with E-state index in [1.54, 1.807) is 11.6 Å². The normalized spacial score (nSPS) is 11.3. The number of hydrogen-bond acceptors (Lipinski definition) is 6. The standard InChI is InChI=1S/C11H17N5O2S/c1-3-14(4-2)6-5-12-9-10(16(17)18)15-7-8-19-11(15)13-9/h7-8,12H,3-6H2,1-2H3. The Morgan fingerprint density at radius 3 is 2.89 bits per heavy atom. The maximum atomic E-state index is 11.1. The Kier molecular flexibility index (Phi) is 4.33. The first kappa shape index (κ1) is 13.8. The van der Waals surface area contributed by atoms with E-state index in [9.17, 15) is 10.1 Å². The Morgan fingerprint density at radius 2 is 2.26 bits per heavy atom. The van der Waals surface area contributed by atoms with Crippen molar-refractivity contribution in [2.45, 2.75) is 13.8 Å². The van der Waals surface area contributed by atoms with E-state index in [4.69, 9.17) is 0 Å². The molecule has 0 unspecified atom stereocenters. The summed E-state index contributed by atoms with van der Waals surface area (Å²) in [7, 11) is 0. The van der Waals surface area contributed by atoms with Gasteiger partial charge in [0.05, 0.1) is 0 Å². The van der Waals surface area contributed by atoms with E-state index in [0.29, 0.717) is 17.3 Å². The van der Waals surface area contributed by atoms with Crippen LogP contribution >= 0.6 is 11.3 Å². The number of thiazole rings is 1. The van der Waals surface area contributed by atoms with E-state index in [0.717, 1.165) is 19.6 Å². The number of nitrogens with zero attached hydrogens (tertiary/aromatic N) is 4. The molecule has 2 aromatic rings. The predicted octanol–water partition coefficient (Wildman–Crippen LogP) is 2.06. The maximum absolute atomic E-state index is 11.1. The zero-order valence-corrected chi connectivity index (χ0v) is 11.8. The molecular formula is C11H17N5O2S. The van der Waals surface area contributed by atoms with E-state index in [-0.39, 0.29) is 5.82 Å². The molecule has 8 heteroatoms. The van der Waals surface area contributed by atoms with Crippen molar-refractivity contribution in [1.82, 2.24) is 14.3 Å². The van der Waals surface area contributed by atoms with E-state index in [1.165, 1.54) is 15.7 Å². The molecule has 2 heterocycles. The summed E-state index contributed by atoms with van der Waals surface area (Å²) < 4.78 is 1.50. The summed E-state index contributed by atoms with van der Waals surface area (Å²) in [4.78, 5) is 17.8. The van der Waals surface area contributed by atoms with E-state index in [1.807, 2.05) is 0 Å². The van der Waals surface area contributed by atoms with Crippen LogP contribution in [0.1, 0.15) is 13.8 Å². The van der Waals surface area contributed by atoms with Crippen molar-refractivity contribution >= 4 is 27.9 Å². The molecule has 2 aromatic heterocycles. The lowest BCUT2D eigenvalue weighted by Crippen LogP contribution is -2.28. The Bertz CT molecular complexity index is 560. The Balaban J connectivity index is 2.09. The van der Waals surface area contributed by atoms with Crippen molar-refractivity contribution in [3.8, 4) is 0 Å². The quantitative estimate of drug-likeness (QED) is 0.622. The van der Waals surface area contributed by atoms with Crippen LogP contribution < -0.4 is 5.32 Å². The molecule has 0 amide bonds. The van der Waals surface area contributed by atoms with E-state index < -0.39 is 4.92 Å². The lowest BCUT2D eigenvalue weighted by atomic mass is 10.4. The second kappa shape index (κ2) is 5.98. The van der Waals surface area contributed by atoms with E-state index in [2.05, 4.69) is 29.0 Å². The molecule has 0 aromatic carbocycles. The summed E-state index contributed by atoms with van der Waals surface area (Å²) in [6, 6.07) is 0. The Labute approximate surface area is 115 Å². The summed E-state index contributed by atoms with van der Waals surface area (Å²) in [5, 5.41) is 16.0. The van der Waals surface area contributed by atoms with Gasteiger partial charge in [-0.2, -0.15) is 9.38 Å². The largest absolute Gasteiger partial charge is 0.372 e. The van der Waals surface area contributed by atoms with Crippen LogP contribution in [0.2, 0.25) is 0 Å². The number of nitrogens with one attached hydrogen (secondary N) is 1. The Morgan fingerprint density at radius 1 is 1.53 bits per heavy atom. The van der Waals surface area contributed by atoms with Gasteiger partial charge in [-0.3, -0.25) is 0 Å². The predicted molar refractivity (Wildman–Crippen MR) is 76.0 cm³/mol. The average molecular weight is 283 g/mol. The molecule has 0 radical (unpaired) electrons. The lowest BCUT2D eigenvalue weighted by molar-refractivity contribution is -0.389. The summed E-state index contributed by atoms with van der Waals surface area (Å²) >= 11 is 1.39. The summed E-state index contributed by atoms with van der Waals surface area (Å²) in [5.74, 6) is 0.361. The highest BCUT2D eigenvalue weighted by molar-refractivity contribution is 7.15. The highest BCUT2D eigenvalue weighted by atomic mass is 32.1. The fourth-order valence-electron chi connectivity index (χ4n) is 1.94. The van der Waals surface area contributed by atoms with Gasteiger partial charge in [-0.15, -0.1) is 0 Å². The third-order valence-electron chi connectivity index (χ3n) is 3.02. The van der Waals surface area contributed by atoms with Crippen molar-refractivity contribution in [2.24, 2.45) is 0 Å². The topological polar surface area (TPSA) is 75.7 Å². The monoisotopic (exact) mass is 283 g/mol. The van der Waals surface area contributed by atoms with Crippen molar-refractivity contribution in [2.75, 3.05) is 31.5 Å². The van der Waals surface area contributed by atoms with Gasteiger partial charge in [0, 0.05) is 18.5 Å². The molecule has 0 saturated heterocycles. The number of aromatic nitrogens is 2. The van der Waals surface area contributed by atoms with Crippen LogP contribution in [0.3, 0.4) is 0 Å². The number of anilines is 1. The zero-order chi connectivity index (χ0) is 13.8. The molecule has 104 valence electrons. The molecule has 0 aliphatic carbocycles. The molecule has 1 N–H and O–H groups in total. The molecule has 0 bridgehead atoms. The zero-order valence-electron chi connectivity index (χ0n) is 11.0.